The van der Waals surface area contributed by atoms with Gasteiger partial charge in [-0.05, 0) is 127 Å². The highest BCUT2D eigenvalue weighted by Gasteiger charge is 2.24. The molecule has 1 aliphatic rings. The molecule has 0 unspecified atom stereocenters. The Morgan fingerprint density at radius 3 is 1.07 bits per heavy atom. The molecular weight excluding hydrogens is 542 g/mol. The van der Waals surface area contributed by atoms with E-state index < -0.39 is 0 Å². The van der Waals surface area contributed by atoms with E-state index in [1.54, 1.807) is 0 Å². The van der Waals surface area contributed by atoms with E-state index in [9.17, 15) is 0 Å². The van der Waals surface area contributed by atoms with Gasteiger partial charge in [0.25, 0.3) is 0 Å². The maximum atomic E-state index is 2.38. The number of hydrogen-bond acceptors (Lipinski definition) is 1. The van der Waals surface area contributed by atoms with Gasteiger partial charge in [0.15, 0.2) is 0 Å². The summed E-state index contributed by atoms with van der Waals surface area (Å²) in [4.78, 5) is 2.36. The maximum Gasteiger partial charge on any atom is 0.0468 e. The van der Waals surface area contributed by atoms with Crippen LogP contribution < -0.4 is 4.90 Å². The van der Waals surface area contributed by atoms with E-state index in [0.29, 0.717) is 0 Å². The molecule has 0 N–H and O–H groups in total. The average Bonchev–Trinajstić information content (AvgIpc) is 3.12. The zero-order valence-corrected chi connectivity index (χ0v) is 24.7. The number of nitrogens with zero attached hydrogens (tertiary/aromatic N) is 1. The summed E-state index contributed by atoms with van der Waals surface area (Å²) in [6.45, 7) is 0. The normalized spacial score (nSPS) is 11.6. The zero-order valence-electron chi connectivity index (χ0n) is 24.7. The minimum atomic E-state index is 1.13. The van der Waals surface area contributed by atoms with Gasteiger partial charge >= 0.3 is 0 Å². The van der Waals surface area contributed by atoms with E-state index in [2.05, 4.69) is 181 Å². The minimum absolute atomic E-state index is 1.13. The van der Waals surface area contributed by atoms with E-state index in [1.807, 2.05) is 0 Å². The van der Waals surface area contributed by atoms with Crippen molar-refractivity contribution in [3.8, 4) is 44.5 Å². The molecular formula is C44H29N. The summed E-state index contributed by atoms with van der Waals surface area (Å²) < 4.78 is 0. The molecule has 0 heterocycles. The summed E-state index contributed by atoms with van der Waals surface area (Å²) in [5.41, 5.74) is 13.6. The molecule has 9 rings (SSSR count). The van der Waals surface area contributed by atoms with Crippen molar-refractivity contribution in [1.29, 1.82) is 0 Å². The third-order valence-corrected chi connectivity index (χ3v) is 9.15. The van der Waals surface area contributed by atoms with Crippen LogP contribution in [0.5, 0.6) is 0 Å². The van der Waals surface area contributed by atoms with E-state index in [1.165, 1.54) is 66.1 Å². The van der Waals surface area contributed by atoms with E-state index in [-0.39, 0.29) is 0 Å². The molecule has 210 valence electrons. The molecule has 0 amide bonds. The van der Waals surface area contributed by atoms with Crippen LogP contribution in [0.3, 0.4) is 0 Å². The first-order valence-electron chi connectivity index (χ1n) is 15.5. The molecule has 0 spiro atoms. The van der Waals surface area contributed by atoms with E-state index >= 15 is 0 Å². The summed E-state index contributed by atoms with van der Waals surface area (Å²) in [7, 11) is 0. The monoisotopic (exact) mass is 571 g/mol. The van der Waals surface area contributed by atoms with Crippen LogP contribution in [0.1, 0.15) is 0 Å². The van der Waals surface area contributed by atoms with Crippen molar-refractivity contribution >= 4 is 38.6 Å². The topological polar surface area (TPSA) is 3.24 Å². The van der Waals surface area contributed by atoms with Gasteiger partial charge in [-0.2, -0.15) is 0 Å². The molecule has 45 heavy (non-hydrogen) atoms. The highest BCUT2D eigenvalue weighted by Crippen LogP contribution is 2.50. The van der Waals surface area contributed by atoms with Crippen LogP contribution in [0.4, 0.5) is 17.1 Å². The third-order valence-electron chi connectivity index (χ3n) is 9.15. The van der Waals surface area contributed by atoms with Crippen molar-refractivity contribution in [3.63, 3.8) is 0 Å². The van der Waals surface area contributed by atoms with Crippen molar-refractivity contribution in [3.05, 3.63) is 176 Å². The standard InChI is InChI=1S/C44H29N/c1-3-9-30(10-4-1)32-15-20-38(21-16-32)45(39-22-17-33(18-23-39)31-11-5-2-6-12-31)40-24-19-36-28-43-41-26-34-13-7-8-14-35(34)27-42(41)44(43)29-37(36)25-40/h1-29H. The van der Waals surface area contributed by atoms with Crippen molar-refractivity contribution in [1.82, 2.24) is 0 Å². The molecule has 1 aliphatic carbocycles. The summed E-state index contributed by atoms with van der Waals surface area (Å²) in [5, 5.41) is 5.09. The molecule has 0 radical (unpaired) electrons. The summed E-state index contributed by atoms with van der Waals surface area (Å²) >= 11 is 0. The molecule has 8 aromatic carbocycles. The van der Waals surface area contributed by atoms with Crippen LogP contribution in [0.25, 0.3) is 66.1 Å². The Hall–Kier alpha value is -5.92. The largest absolute Gasteiger partial charge is 0.310 e. The number of fused-ring (bicyclic) bond motifs is 6. The molecule has 0 aromatic heterocycles. The molecule has 0 atom stereocenters. The summed E-state index contributed by atoms with van der Waals surface area (Å²) in [6.07, 6.45) is 0. The first-order chi connectivity index (χ1) is 22.3. The molecule has 0 saturated carbocycles. The highest BCUT2D eigenvalue weighted by atomic mass is 15.1. The van der Waals surface area contributed by atoms with Crippen molar-refractivity contribution in [2.24, 2.45) is 0 Å². The summed E-state index contributed by atoms with van der Waals surface area (Å²) in [5.74, 6) is 0. The lowest BCUT2D eigenvalue weighted by atomic mass is 9.78. The minimum Gasteiger partial charge on any atom is -0.310 e. The SMILES string of the molecule is c1ccc(-c2ccc(N(c3ccc(-c4ccccc4)cc3)c3ccc4cc5c(cc4c3)-c3cc4ccccc4cc3-5)cc2)cc1. The lowest BCUT2D eigenvalue weighted by molar-refractivity contribution is 1.29. The number of rotatable bonds is 5. The van der Waals surface area contributed by atoms with Crippen molar-refractivity contribution in [2.45, 2.75) is 0 Å². The molecule has 0 aliphatic heterocycles. The second-order valence-corrected chi connectivity index (χ2v) is 11.8. The summed E-state index contributed by atoms with van der Waals surface area (Å²) in [6, 6.07) is 63.9. The van der Waals surface area contributed by atoms with Gasteiger partial charge in [0.1, 0.15) is 0 Å². The Morgan fingerprint density at radius 1 is 0.244 bits per heavy atom. The van der Waals surface area contributed by atoms with Crippen LogP contribution in [0.15, 0.2) is 176 Å². The van der Waals surface area contributed by atoms with Gasteiger partial charge in [-0.1, -0.05) is 115 Å². The maximum absolute atomic E-state index is 2.38. The Balaban J connectivity index is 1.14. The van der Waals surface area contributed by atoms with Gasteiger partial charge in [0.2, 0.25) is 0 Å². The molecule has 8 aromatic rings. The van der Waals surface area contributed by atoms with E-state index in [0.717, 1.165) is 17.1 Å². The molecule has 0 saturated heterocycles. The van der Waals surface area contributed by atoms with Crippen LogP contribution >= 0.6 is 0 Å². The highest BCUT2D eigenvalue weighted by molar-refractivity contribution is 6.12. The fraction of sp³-hybridized carbons (Fsp3) is 0. The van der Waals surface area contributed by atoms with Gasteiger partial charge in [0, 0.05) is 17.1 Å². The van der Waals surface area contributed by atoms with Gasteiger partial charge in [-0.25, -0.2) is 0 Å². The third kappa shape index (κ3) is 4.41. The molecule has 0 fully saturated rings. The lowest BCUT2D eigenvalue weighted by Crippen LogP contribution is -2.10. The Morgan fingerprint density at radius 2 is 0.600 bits per heavy atom. The smallest absolute Gasteiger partial charge is 0.0468 e. The van der Waals surface area contributed by atoms with Gasteiger partial charge in [-0.15, -0.1) is 0 Å². The van der Waals surface area contributed by atoms with Crippen molar-refractivity contribution < 1.29 is 0 Å². The van der Waals surface area contributed by atoms with Crippen LogP contribution in [0.2, 0.25) is 0 Å². The molecule has 1 nitrogen and oxygen atoms in total. The van der Waals surface area contributed by atoms with E-state index in [4.69, 9.17) is 0 Å². The predicted octanol–water partition coefficient (Wildman–Crippen LogP) is 12.4. The Labute approximate surface area is 263 Å². The quantitative estimate of drug-likeness (QED) is 0.199. The van der Waals surface area contributed by atoms with Gasteiger partial charge < -0.3 is 4.90 Å². The van der Waals surface area contributed by atoms with Gasteiger partial charge in [-0.3, -0.25) is 0 Å². The first-order valence-corrected chi connectivity index (χ1v) is 15.5. The molecule has 0 bridgehead atoms. The Kier molecular flexibility index (Phi) is 5.89. The number of benzene rings is 8. The first kappa shape index (κ1) is 25.6. The second-order valence-electron chi connectivity index (χ2n) is 11.8. The van der Waals surface area contributed by atoms with Crippen molar-refractivity contribution in [2.75, 3.05) is 4.90 Å². The van der Waals surface area contributed by atoms with Crippen LogP contribution in [-0.2, 0) is 0 Å². The average molecular weight is 572 g/mol. The second kappa shape index (κ2) is 10.4. The fourth-order valence-electron chi connectivity index (χ4n) is 6.81. The number of hydrogen-bond donors (Lipinski definition) is 0. The molecule has 1 heteroatoms. The Bertz CT molecular complexity index is 2250. The van der Waals surface area contributed by atoms with Gasteiger partial charge in [0.05, 0.1) is 0 Å². The fourth-order valence-corrected chi connectivity index (χ4v) is 6.81. The lowest BCUT2D eigenvalue weighted by Gasteiger charge is -2.28. The zero-order chi connectivity index (χ0) is 29.7. The predicted molar refractivity (Wildman–Crippen MR) is 191 cm³/mol. The number of anilines is 3. The van der Waals surface area contributed by atoms with Crippen LogP contribution in [-0.4, -0.2) is 0 Å². The van der Waals surface area contributed by atoms with Crippen LogP contribution in [0, 0.1) is 0 Å².